The lowest BCUT2D eigenvalue weighted by Gasteiger charge is -2.20. The minimum Gasteiger partial charge on any atom is -0.484 e. The summed E-state index contributed by atoms with van der Waals surface area (Å²) in [7, 11) is -3.92. The first kappa shape index (κ1) is 20.7. The Morgan fingerprint density at radius 2 is 1.83 bits per heavy atom. The molecule has 0 bridgehead atoms. The molecule has 0 aliphatic carbocycles. The third-order valence-corrected chi connectivity index (χ3v) is 6.77. The molecule has 3 aromatic rings. The monoisotopic (exact) mass is 436 g/mol. The van der Waals surface area contributed by atoms with Crippen LogP contribution in [-0.2, 0) is 14.8 Å². The quantitative estimate of drug-likeness (QED) is 0.545. The van der Waals surface area contributed by atoms with Crippen LogP contribution in [0.2, 0.25) is 0 Å². The third-order valence-electron chi connectivity index (χ3n) is 3.68. The highest BCUT2D eigenvalue weighted by Crippen LogP contribution is 2.27. The zero-order valence-corrected chi connectivity index (χ0v) is 16.9. The van der Waals surface area contributed by atoms with Crippen LogP contribution in [0.3, 0.4) is 0 Å². The van der Waals surface area contributed by atoms with E-state index in [0.29, 0.717) is 11.4 Å². The van der Waals surface area contributed by atoms with Crippen LogP contribution in [0.15, 0.2) is 58.9 Å². The zero-order chi connectivity index (χ0) is 20.9. The average Bonchev–Trinajstić information content (AvgIpc) is 3.18. The van der Waals surface area contributed by atoms with Crippen molar-refractivity contribution in [1.82, 2.24) is 10.2 Å². The van der Waals surface area contributed by atoms with Gasteiger partial charge in [0.2, 0.25) is 5.13 Å². The van der Waals surface area contributed by atoms with Crippen molar-refractivity contribution in [1.29, 1.82) is 0 Å². The second kappa shape index (κ2) is 8.97. The van der Waals surface area contributed by atoms with Crippen molar-refractivity contribution >= 4 is 38.1 Å². The number of nitrogens with one attached hydrogen (secondary N) is 1. The van der Waals surface area contributed by atoms with Crippen molar-refractivity contribution < 1.29 is 22.3 Å². The maximum Gasteiger partial charge on any atom is 0.293 e. The molecule has 1 N–H and O–H groups in total. The number of rotatable bonds is 8. The summed E-state index contributed by atoms with van der Waals surface area (Å²) in [5.41, 5.74) is 0.503. The fourth-order valence-corrected chi connectivity index (χ4v) is 4.87. The summed E-state index contributed by atoms with van der Waals surface area (Å²) in [6.07, 6.45) is 0. The molecule has 0 fully saturated rings. The van der Waals surface area contributed by atoms with Gasteiger partial charge in [0.1, 0.15) is 11.6 Å². The van der Waals surface area contributed by atoms with Crippen LogP contribution in [-0.4, -0.2) is 37.7 Å². The van der Waals surface area contributed by atoms with E-state index in [1.165, 1.54) is 28.6 Å². The molecule has 0 unspecified atom stereocenters. The molecule has 11 heteroatoms. The summed E-state index contributed by atoms with van der Waals surface area (Å²) in [6.45, 7) is 1.57. The molecule has 0 saturated heterocycles. The van der Waals surface area contributed by atoms with E-state index in [9.17, 15) is 17.6 Å². The molecule has 0 saturated carbocycles. The number of hydrogen-bond acceptors (Lipinski definition) is 7. The van der Waals surface area contributed by atoms with E-state index >= 15 is 0 Å². The highest BCUT2D eigenvalue weighted by atomic mass is 32.2. The molecule has 8 nitrogen and oxygen atoms in total. The van der Waals surface area contributed by atoms with Crippen molar-refractivity contribution in [3.05, 3.63) is 60.4 Å². The van der Waals surface area contributed by atoms with Gasteiger partial charge in [0.05, 0.1) is 5.69 Å². The average molecular weight is 436 g/mol. The largest absolute Gasteiger partial charge is 0.484 e. The summed E-state index contributed by atoms with van der Waals surface area (Å²) in [5, 5.41) is 9.89. The fourth-order valence-electron chi connectivity index (χ4n) is 2.38. The van der Waals surface area contributed by atoms with Gasteiger partial charge in [-0.25, -0.2) is 4.39 Å². The van der Waals surface area contributed by atoms with E-state index in [1.54, 1.807) is 37.3 Å². The molecular formula is C18H17FN4O4S2. The molecule has 1 heterocycles. The van der Waals surface area contributed by atoms with Gasteiger partial charge < -0.3 is 4.74 Å². The van der Waals surface area contributed by atoms with Gasteiger partial charge in [-0.3, -0.25) is 14.4 Å². The predicted molar refractivity (Wildman–Crippen MR) is 107 cm³/mol. The number of nitrogens with zero attached hydrogens (tertiary/aromatic N) is 3. The molecule has 0 aliphatic heterocycles. The number of carbonyl (C=O) groups excluding carboxylic acids is 1. The Morgan fingerprint density at radius 1 is 1.14 bits per heavy atom. The topological polar surface area (TPSA) is 101 Å². The Labute approximate surface area is 171 Å². The number of halogens is 1. The van der Waals surface area contributed by atoms with Crippen molar-refractivity contribution in [2.75, 3.05) is 22.8 Å². The highest BCUT2D eigenvalue weighted by Gasteiger charge is 2.28. The van der Waals surface area contributed by atoms with Gasteiger partial charge in [0.25, 0.3) is 20.3 Å². The van der Waals surface area contributed by atoms with E-state index in [1.807, 2.05) is 0 Å². The van der Waals surface area contributed by atoms with Gasteiger partial charge in [-0.2, -0.15) is 8.42 Å². The second-order valence-corrected chi connectivity index (χ2v) is 8.68. The first-order valence-electron chi connectivity index (χ1n) is 8.49. The van der Waals surface area contributed by atoms with E-state index in [0.717, 1.165) is 11.3 Å². The molecule has 0 atom stereocenters. The van der Waals surface area contributed by atoms with Crippen LogP contribution >= 0.6 is 11.3 Å². The number of ether oxygens (including phenoxy) is 1. The van der Waals surface area contributed by atoms with Gasteiger partial charge in [-0.15, -0.1) is 10.2 Å². The normalized spacial score (nSPS) is 11.1. The minimum absolute atomic E-state index is 0.0281. The van der Waals surface area contributed by atoms with Gasteiger partial charge in [0, 0.05) is 6.54 Å². The van der Waals surface area contributed by atoms with Crippen LogP contribution in [0.4, 0.5) is 15.2 Å². The van der Waals surface area contributed by atoms with Crippen molar-refractivity contribution in [2.45, 2.75) is 11.3 Å². The summed E-state index contributed by atoms with van der Waals surface area (Å²) >= 11 is 0.741. The number of hydrogen-bond donors (Lipinski definition) is 1. The second-order valence-electron chi connectivity index (χ2n) is 5.67. The van der Waals surface area contributed by atoms with Crippen LogP contribution in [0.1, 0.15) is 6.92 Å². The third kappa shape index (κ3) is 5.06. The molecule has 3 rings (SSSR count). The summed E-state index contributed by atoms with van der Waals surface area (Å²) in [5.74, 6) is -0.644. The molecule has 152 valence electrons. The Hall–Kier alpha value is -3.05. The number of para-hydroxylation sites is 1. The molecule has 1 amide bonds. The first-order valence-corrected chi connectivity index (χ1v) is 10.8. The van der Waals surface area contributed by atoms with Crippen LogP contribution < -0.4 is 14.4 Å². The summed E-state index contributed by atoms with van der Waals surface area (Å²) in [6, 6.07) is 13.8. The van der Waals surface area contributed by atoms with E-state index in [-0.39, 0.29) is 22.6 Å². The number of sulfonamides is 1. The van der Waals surface area contributed by atoms with Crippen molar-refractivity contribution in [3.8, 4) is 5.75 Å². The SMILES string of the molecule is CCN(c1ccccc1)S(=O)(=O)c1nnc(NC(=O)COc2ccc(F)cc2)s1. The van der Waals surface area contributed by atoms with Gasteiger partial charge in [0.15, 0.2) is 6.61 Å². The van der Waals surface area contributed by atoms with E-state index in [2.05, 4.69) is 15.5 Å². The molecule has 0 aliphatic rings. The zero-order valence-electron chi connectivity index (χ0n) is 15.3. The predicted octanol–water partition coefficient (Wildman–Crippen LogP) is 2.91. The smallest absolute Gasteiger partial charge is 0.293 e. The number of amides is 1. The Balaban J connectivity index is 1.66. The lowest BCUT2D eigenvalue weighted by Crippen LogP contribution is -2.30. The maximum absolute atomic E-state index is 12.9. The van der Waals surface area contributed by atoms with Gasteiger partial charge in [-0.05, 0) is 43.3 Å². The molecular weight excluding hydrogens is 419 g/mol. The molecule has 1 aromatic heterocycles. The van der Waals surface area contributed by atoms with Crippen LogP contribution in [0, 0.1) is 5.82 Å². The van der Waals surface area contributed by atoms with Crippen LogP contribution in [0.5, 0.6) is 5.75 Å². The summed E-state index contributed by atoms with van der Waals surface area (Å²) in [4.78, 5) is 12.0. The minimum atomic E-state index is -3.92. The van der Waals surface area contributed by atoms with Gasteiger partial charge in [-0.1, -0.05) is 29.5 Å². The van der Waals surface area contributed by atoms with Crippen molar-refractivity contribution in [2.24, 2.45) is 0 Å². The number of benzene rings is 2. The maximum atomic E-state index is 12.9. The van der Waals surface area contributed by atoms with Gasteiger partial charge >= 0.3 is 0 Å². The number of carbonyl (C=O) groups is 1. The lowest BCUT2D eigenvalue weighted by atomic mass is 10.3. The van der Waals surface area contributed by atoms with Crippen LogP contribution in [0.25, 0.3) is 0 Å². The fraction of sp³-hybridized carbons (Fsp3) is 0.167. The van der Waals surface area contributed by atoms with Crippen molar-refractivity contribution in [3.63, 3.8) is 0 Å². The van der Waals surface area contributed by atoms with E-state index < -0.39 is 21.7 Å². The molecule has 29 heavy (non-hydrogen) atoms. The Morgan fingerprint density at radius 3 is 2.48 bits per heavy atom. The molecule has 0 spiro atoms. The summed E-state index contributed by atoms with van der Waals surface area (Å²) < 4.78 is 44.8. The highest BCUT2D eigenvalue weighted by molar-refractivity contribution is 7.94. The number of anilines is 2. The molecule has 2 aromatic carbocycles. The number of aromatic nitrogens is 2. The lowest BCUT2D eigenvalue weighted by molar-refractivity contribution is -0.118. The van der Waals surface area contributed by atoms with E-state index in [4.69, 9.17) is 4.74 Å². The molecule has 0 radical (unpaired) electrons. The Bertz CT molecular complexity index is 1070. The standard InChI is InChI=1S/C18H17FN4O4S2/c1-2-23(14-6-4-3-5-7-14)29(25,26)18-22-21-17(28-18)20-16(24)12-27-15-10-8-13(19)9-11-15/h3-11H,2,12H2,1H3,(H,20,21,24). The Kier molecular flexibility index (Phi) is 6.39. The first-order chi connectivity index (χ1) is 13.9.